The number of rotatable bonds is 5. The Hall–Kier alpha value is -1.55. The van der Waals surface area contributed by atoms with Gasteiger partial charge in [0.25, 0.3) is 0 Å². The van der Waals surface area contributed by atoms with Crippen molar-refractivity contribution < 1.29 is 9.53 Å². The largest absolute Gasteiger partial charge is 0.496 e. The second-order valence-corrected chi connectivity index (χ2v) is 6.24. The minimum absolute atomic E-state index is 0.172. The number of nitrogens with one attached hydrogen (secondary N) is 2. The van der Waals surface area contributed by atoms with E-state index >= 15 is 0 Å². The van der Waals surface area contributed by atoms with E-state index in [1.54, 1.807) is 7.11 Å². The molecule has 1 heterocycles. The highest BCUT2D eigenvalue weighted by Crippen LogP contribution is 2.36. The molecule has 1 saturated heterocycles. The zero-order valence-electron chi connectivity index (χ0n) is 12.9. The van der Waals surface area contributed by atoms with Crippen molar-refractivity contribution >= 4 is 5.91 Å². The molecule has 2 aliphatic rings. The summed E-state index contributed by atoms with van der Waals surface area (Å²) in [5, 5.41) is 6.43. The van der Waals surface area contributed by atoms with Crippen LogP contribution in [0, 0.1) is 0 Å². The summed E-state index contributed by atoms with van der Waals surface area (Å²) >= 11 is 0. The molecule has 1 unspecified atom stereocenters. The van der Waals surface area contributed by atoms with Crippen molar-refractivity contribution in [3.8, 4) is 5.75 Å². The van der Waals surface area contributed by atoms with Crippen molar-refractivity contribution in [2.75, 3.05) is 13.7 Å². The second kappa shape index (κ2) is 6.06. The topological polar surface area (TPSA) is 50.4 Å². The summed E-state index contributed by atoms with van der Waals surface area (Å²) in [5.41, 5.74) is 4.13. The van der Waals surface area contributed by atoms with E-state index in [0.717, 1.165) is 25.3 Å². The molecule has 1 aliphatic heterocycles. The number of hydrogen-bond donors (Lipinski definition) is 2. The highest BCUT2D eigenvalue weighted by molar-refractivity contribution is 5.78. The summed E-state index contributed by atoms with van der Waals surface area (Å²) in [4.78, 5) is 11.2. The Morgan fingerprint density at radius 2 is 2.19 bits per heavy atom. The van der Waals surface area contributed by atoms with E-state index in [1.165, 1.54) is 29.5 Å². The average molecular weight is 288 g/mol. The van der Waals surface area contributed by atoms with Crippen molar-refractivity contribution in [2.45, 2.75) is 51.1 Å². The van der Waals surface area contributed by atoms with Crippen molar-refractivity contribution in [1.29, 1.82) is 0 Å². The number of benzene rings is 1. The van der Waals surface area contributed by atoms with Crippen LogP contribution >= 0.6 is 0 Å². The molecule has 2 N–H and O–H groups in total. The van der Waals surface area contributed by atoms with E-state index < -0.39 is 0 Å². The monoisotopic (exact) mass is 288 g/mol. The number of fused-ring (bicyclic) bond motifs is 1. The average Bonchev–Trinajstić information content (AvgIpc) is 3.05. The van der Waals surface area contributed by atoms with E-state index in [2.05, 4.69) is 29.7 Å². The Morgan fingerprint density at radius 3 is 2.90 bits per heavy atom. The van der Waals surface area contributed by atoms with Gasteiger partial charge in [0, 0.05) is 31.1 Å². The van der Waals surface area contributed by atoms with Crippen LogP contribution in [0.2, 0.25) is 0 Å². The molecule has 0 spiro atoms. The Kier molecular flexibility index (Phi) is 4.15. The molecular weight excluding hydrogens is 264 g/mol. The number of hydrogen-bond acceptors (Lipinski definition) is 3. The number of ether oxygens (including phenoxy) is 1. The smallest absolute Gasteiger partial charge is 0.220 e. The van der Waals surface area contributed by atoms with Crippen molar-refractivity contribution in [1.82, 2.24) is 10.6 Å². The third-order valence-electron chi connectivity index (χ3n) is 4.71. The third kappa shape index (κ3) is 3.05. The van der Waals surface area contributed by atoms with E-state index in [9.17, 15) is 4.79 Å². The zero-order chi connectivity index (χ0) is 14.8. The van der Waals surface area contributed by atoms with Gasteiger partial charge in [0.2, 0.25) is 5.91 Å². The lowest BCUT2D eigenvalue weighted by Gasteiger charge is -2.15. The molecule has 3 rings (SSSR count). The number of carbonyl (C=O) groups excluding carboxylic acids is 1. The van der Waals surface area contributed by atoms with Gasteiger partial charge in [-0.25, -0.2) is 0 Å². The van der Waals surface area contributed by atoms with Crippen LogP contribution in [0.15, 0.2) is 12.1 Å². The molecule has 4 nitrogen and oxygen atoms in total. The highest BCUT2D eigenvalue weighted by Gasteiger charge is 2.22. The normalized spacial score (nSPS) is 24.0. The van der Waals surface area contributed by atoms with Crippen molar-refractivity contribution in [2.24, 2.45) is 0 Å². The van der Waals surface area contributed by atoms with Crippen LogP contribution in [0.5, 0.6) is 5.75 Å². The second-order valence-electron chi connectivity index (χ2n) is 6.24. The molecule has 0 bridgehead atoms. The van der Waals surface area contributed by atoms with Gasteiger partial charge in [-0.15, -0.1) is 0 Å². The Labute approximate surface area is 126 Å². The Balaban J connectivity index is 1.63. The third-order valence-corrected chi connectivity index (χ3v) is 4.71. The molecule has 1 amide bonds. The predicted molar refractivity (Wildman–Crippen MR) is 82.6 cm³/mol. The lowest BCUT2D eigenvalue weighted by molar-refractivity contribution is -0.119. The van der Waals surface area contributed by atoms with Gasteiger partial charge in [-0.1, -0.05) is 13.0 Å². The van der Waals surface area contributed by atoms with Crippen molar-refractivity contribution in [3.63, 3.8) is 0 Å². The van der Waals surface area contributed by atoms with Crippen LogP contribution in [0.1, 0.15) is 48.8 Å². The number of amides is 1. The molecule has 1 aliphatic carbocycles. The van der Waals surface area contributed by atoms with Crippen LogP contribution in [0.25, 0.3) is 0 Å². The number of aryl methyl sites for hydroxylation is 1. The Bertz CT molecular complexity index is 542. The molecular formula is C17H24N2O2. The molecule has 114 valence electrons. The SMILES string of the molecule is COc1cc2c(cc1CNC[C@@H]1CCC(=O)N1)CCC2C. The van der Waals surface area contributed by atoms with E-state index in [-0.39, 0.29) is 11.9 Å². The minimum Gasteiger partial charge on any atom is -0.496 e. The van der Waals surface area contributed by atoms with E-state index in [4.69, 9.17) is 4.74 Å². The summed E-state index contributed by atoms with van der Waals surface area (Å²) in [6.45, 7) is 3.89. The summed E-state index contributed by atoms with van der Waals surface area (Å²) in [6.07, 6.45) is 4.01. The molecule has 0 aromatic heterocycles. The van der Waals surface area contributed by atoms with Gasteiger partial charge in [0.15, 0.2) is 0 Å². The van der Waals surface area contributed by atoms with Gasteiger partial charge in [0.1, 0.15) is 5.75 Å². The first-order valence-corrected chi connectivity index (χ1v) is 7.87. The standard InChI is InChI=1S/C17H24N2O2/c1-11-3-4-12-7-13(16(21-2)8-15(11)12)9-18-10-14-5-6-17(20)19-14/h7-8,11,14,18H,3-6,9-10H2,1-2H3,(H,19,20)/t11?,14-/m0/s1. The fraction of sp³-hybridized carbons (Fsp3) is 0.588. The maximum Gasteiger partial charge on any atom is 0.220 e. The van der Waals surface area contributed by atoms with Gasteiger partial charge in [-0.2, -0.15) is 0 Å². The van der Waals surface area contributed by atoms with Gasteiger partial charge < -0.3 is 15.4 Å². The van der Waals surface area contributed by atoms with E-state index in [1.807, 2.05) is 0 Å². The summed E-state index contributed by atoms with van der Waals surface area (Å²) < 4.78 is 5.55. The first-order valence-electron chi connectivity index (χ1n) is 7.87. The highest BCUT2D eigenvalue weighted by atomic mass is 16.5. The molecule has 0 radical (unpaired) electrons. The zero-order valence-corrected chi connectivity index (χ0v) is 12.9. The van der Waals surface area contributed by atoms with Crippen molar-refractivity contribution in [3.05, 3.63) is 28.8 Å². The number of carbonyl (C=O) groups is 1. The van der Waals surface area contributed by atoms with Crippen LogP contribution in [-0.2, 0) is 17.8 Å². The quantitative estimate of drug-likeness (QED) is 0.872. The Morgan fingerprint density at radius 1 is 1.33 bits per heavy atom. The van der Waals surface area contributed by atoms with Gasteiger partial charge >= 0.3 is 0 Å². The number of methoxy groups -OCH3 is 1. The molecule has 1 aromatic rings. The molecule has 2 atom stereocenters. The molecule has 1 aromatic carbocycles. The first-order chi connectivity index (χ1) is 10.2. The lowest BCUT2D eigenvalue weighted by Crippen LogP contribution is -2.35. The van der Waals surface area contributed by atoms with Crippen LogP contribution in [0.3, 0.4) is 0 Å². The van der Waals surface area contributed by atoms with Crippen LogP contribution < -0.4 is 15.4 Å². The summed E-state index contributed by atoms with van der Waals surface area (Å²) in [5.74, 6) is 1.79. The first kappa shape index (κ1) is 14.4. The molecule has 4 heteroatoms. The maximum atomic E-state index is 11.2. The van der Waals surface area contributed by atoms with Crippen LogP contribution in [0.4, 0.5) is 0 Å². The predicted octanol–water partition coefficient (Wildman–Crippen LogP) is 2.11. The lowest BCUT2D eigenvalue weighted by atomic mass is 10.0. The molecule has 1 fully saturated rings. The van der Waals surface area contributed by atoms with Crippen LogP contribution in [-0.4, -0.2) is 25.6 Å². The molecule has 21 heavy (non-hydrogen) atoms. The summed E-state index contributed by atoms with van der Waals surface area (Å²) in [7, 11) is 1.74. The van der Waals surface area contributed by atoms with Gasteiger partial charge in [-0.3, -0.25) is 4.79 Å². The van der Waals surface area contributed by atoms with Gasteiger partial charge in [-0.05, 0) is 42.4 Å². The summed E-state index contributed by atoms with van der Waals surface area (Å²) in [6, 6.07) is 4.78. The fourth-order valence-corrected chi connectivity index (χ4v) is 3.43. The van der Waals surface area contributed by atoms with Gasteiger partial charge in [0.05, 0.1) is 7.11 Å². The maximum absolute atomic E-state index is 11.2. The van der Waals surface area contributed by atoms with E-state index in [0.29, 0.717) is 12.3 Å². The fourth-order valence-electron chi connectivity index (χ4n) is 3.43. The molecule has 0 saturated carbocycles. The minimum atomic E-state index is 0.172.